The minimum Gasteiger partial charge on any atom is -0.396 e. The maximum Gasteiger partial charge on any atom is 0.149 e. The lowest BCUT2D eigenvalue weighted by atomic mass is 10.3. The molecule has 1 atom stereocenters. The molecule has 2 rings (SSSR count). The van der Waals surface area contributed by atoms with E-state index in [2.05, 4.69) is 4.98 Å². The molecule has 0 spiro atoms. The number of β-amino-alcohol motifs (C(OH)–C–C–N with tert-alkyl or cyclic N) is 1. The summed E-state index contributed by atoms with van der Waals surface area (Å²) in [5, 5.41) is 9.36. The Morgan fingerprint density at radius 2 is 2.00 bits per heavy atom. The molecular formula is C9H16Cl2N4O. The Kier molecular flexibility index (Phi) is 5.64. The van der Waals surface area contributed by atoms with Crippen molar-refractivity contribution in [3.8, 4) is 0 Å². The van der Waals surface area contributed by atoms with E-state index >= 15 is 0 Å². The first-order valence-corrected chi connectivity index (χ1v) is 4.62. The van der Waals surface area contributed by atoms with Crippen LogP contribution >= 0.6 is 24.8 Å². The van der Waals surface area contributed by atoms with Gasteiger partial charge < -0.3 is 21.5 Å². The van der Waals surface area contributed by atoms with Gasteiger partial charge >= 0.3 is 0 Å². The Morgan fingerprint density at radius 1 is 1.31 bits per heavy atom. The smallest absolute Gasteiger partial charge is 0.149 e. The number of hydrogen-bond donors (Lipinski definition) is 3. The van der Waals surface area contributed by atoms with E-state index in [4.69, 9.17) is 11.5 Å². The predicted molar refractivity (Wildman–Crippen MR) is 70.4 cm³/mol. The summed E-state index contributed by atoms with van der Waals surface area (Å²) in [7, 11) is 0. The molecule has 1 aromatic rings. The van der Waals surface area contributed by atoms with Crippen LogP contribution in [0.4, 0.5) is 17.3 Å². The van der Waals surface area contributed by atoms with Gasteiger partial charge in [0.05, 0.1) is 11.8 Å². The van der Waals surface area contributed by atoms with Crippen LogP contribution in [0.3, 0.4) is 0 Å². The van der Waals surface area contributed by atoms with Crippen LogP contribution in [-0.2, 0) is 0 Å². The zero-order valence-corrected chi connectivity index (χ0v) is 10.3. The molecular weight excluding hydrogens is 251 g/mol. The average Bonchev–Trinajstić information content (AvgIpc) is 2.57. The minimum atomic E-state index is -0.254. The van der Waals surface area contributed by atoms with Gasteiger partial charge in [0.15, 0.2) is 0 Å². The molecule has 1 fully saturated rings. The molecule has 2 heterocycles. The van der Waals surface area contributed by atoms with Crippen LogP contribution in [0.15, 0.2) is 12.1 Å². The van der Waals surface area contributed by atoms with E-state index in [0.29, 0.717) is 18.1 Å². The number of halogens is 2. The van der Waals surface area contributed by atoms with Crippen molar-refractivity contribution < 1.29 is 5.11 Å². The van der Waals surface area contributed by atoms with Crippen molar-refractivity contribution in [1.82, 2.24) is 4.98 Å². The van der Waals surface area contributed by atoms with Gasteiger partial charge in [-0.3, -0.25) is 0 Å². The topological polar surface area (TPSA) is 88.4 Å². The van der Waals surface area contributed by atoms with Gasteiger partial charge in [-0.25, -0.2) is 4.98 Å². The van der Waals surface area contributed by atoms with Crippen LogP contribution in [0.25, 0.3) is 0 Å². The highest BCUT2D eigenvalue weighted by atomic mass is 35.5. The summed E-state index contributed by atoms with van der Waals surface area (Å²) < 4.78 is 0. The van der Waals surface area contributed by atoms with Crippen LogP contribution < -0.4 is 16.4 Å². The standard InChI is InChI=1S/C9H14N4O.2ClH/c10-7-1-2-8(12-9(7)11)13-4-3-6(14)5-13;;/h1-2,6,14H,3-5,10H2,(H2,11,12);2*1H. The maximum atomic E-state index is 9.36. The van der Waals surface area contributed by atoms with Gasteiger partial charge in [0.25, 0.3) is 0 Å². The number of aromatic nitrogens is 1. The zero-order chi connectivity index (χ0) is 10.1. The van der Waals surface area contributed by atoms with Crippen LogP contribution in [-0.4, -0.2) is 29.3 Å². The SMILES string of the molecule is Cl.Cl.Nc1ccc(N2CCC(O)C2)nc1N. The van der Waals surface area contributed by atoms with Crippen molar-refractivity contribution in [3.63, 3.8) is 0 Å². The fourth-order valence-electron chi connectivity index (χ4n) is 1.60. The van der Waals surface area contributed by atoms with Crippen molar-refractivity contribution in [2.75, 3.05) is 29.5 Å². The summed E-state index contributed by atoms with van der Waals surface area (Å²) in [6.07, 6.45) is 0.530. The molecule has 1 aromatic heterocycles. The van der Waals surface area contributed by atoms with E-state index < -0.39 is 0 Å². The van der Waals surface area contributed by atoms with Gasteiger partial charge in [-0.05, 0) is 18.6 Å². The molecule has 0 bridgehead atoms. The molecule has 1 saturated heterocycles. The summed E-state index contributed by atoms with van der Waals surface area (Å²) >= 11 is 0. The largest absolute Gasteiger partial charge is 0.396 e. The van der Waals surface area contributed by atoms with Crippen LogP contribution in [0.2, 0.25) is 0 Å². The van der Waals surface area contributed by atoms with Crippen LogP contribution in [0, 0.1) is 0 Å². The fourth-order valence-corrected chi connectivity index (χ4v) is 1.60. The highest BCUT2D eigenvalue weighted by Gasteiger charge is 2.21. The Labute approximate surface area is 107 Å². The number of nitrogen functional groups attached to an aromatic ring is 2. The lowest BCUT2D eigenvalue weighted by molar-refractivity contribution is 0.198. The summed E-state index contributed by atoms with van der Waals surface area (Å²) in [5.41, 5.74) is 11.7. The molecule has 0 aliphatic carbocycles. The number of nitrogens with zero attached hydrogens (tertiary/aromatic N) is 2. The number of anilines is 3. The van der Waals surface area contributed by atoms with Crippen molar-refractivity contribution in [1.29, 1.82) is 0 Å². The second kappa shape index (κ2) is 5.98. The molecule has 1 unspecified atom stereocenters. The Balaban J connectivity index is 0.00000112. The highest BCUT2D eigenvalue weighted by Crippen LogP contribution is 2.21. The molecule has 0 radical (unpaired) electrons. The van der Waals surface area contributed by atoms with Crippen LogP contribution in [0.1, 0.15) is 6.42 Å². The first kappa shape index (κ1) is 15.1. The molecule has 0 saturated carbocycles. The Bertz CT molecular complexity index is 350. The number of aliphatic hydroxyl groups is 1. The number of nitrogens with two attached hydrogens (primary N) is 2. The number of rotatable bonds is 1. The van der Waals surface area contributed by atoms with Gasteiger partial charge in [0, 0.05) is 13.1 Å². The van der Waals surface area contributed by atoms with Crippen molar-refractivity contribution in [3.05, 3.63) is 12.1 Å². The minimum absolute atomic E-state index is 0. The van der Waals surface area contributed by atoms with Gasteiger partial charge in [0.2, 0.25) is 0 Å². The van der Waals surface area contributed by atoms with Crippen molar-refractivity contribution in [2.45, 2.75) is 12.5 Å². The van der Waals surface area contributed by atoms with Gasteiger partial charge in [-0.15, -0.1) is 24.8 Å². The van der Waals surface area contributed by atoms with E-state index in [1.54, 1.807) is 6.07 Å². The average molecular weight is 267 g/mol. The molecule has 92 valence electrons. The number of hydrogen-bond acceptors (Lipinski definition) is 5. The second-order valence-electron chi connectivity index (χ2n) is 3.53. The summed E-state index contributed by atoms with van der Waals surface area (Å²) in [6, 6.07) is 3.56. The third-order valence-corrected chi connectivity index (χ3v) is 2.43. The lowest BCUT2D eigenvalue weighted by Gasteiger charge is -2.16. The van der Waals surface area contributed by atoms with Gasteiger partial charge in [-0.1, -0.05) is 0 Å². The Morgan fingerprint density at radius 3 is 2.50 bits per heavy atom. The quantitative estimate of drug-likeness (QED) is 0.695. The van der Waals surface area contributed by atoms with E-state index in [-0.39, 0.29) is 30.9 Å². The fraction of sp³-hybridized carbons (Fsp3) is 0.444. The first-order valence-electron chi connectivity index (χ1n) is 4.62. The van der Waals surface area contributed by atoms with Crippen molar-refractivity contribution in [2.24, 2.45) is 0 Å². The third-order valence-electron chi connectivity index (χ3n) is 2.43. The zero-order valence-electron chi connectivity index (χ0n) is 8.67. The first-order chi connectivity index (χ1) is 6.66. The van der Waals surface area contributed by atoms with E-state index in [9.17, 15) is 5.11 Å². The second-order valence-corrected chi connectivity index (χ2v) is 3.53. The van der Waals surface area contributed by atoms with Gasteiger partial charge in [0.1, 0.15) is 11.6 Å². The van der Waals surface area contributed by atoms with E-state index in [0.717, 1.165) is 18.8 Å². The predicted octanol–water partition coefficient (Wildman–Crippen LogP) is 0.661. The molecule has 1 aliphatic rings. The van der Waals surface area contributed by atoms with Gasteiger partial charge in [-0.2, -0.15) is 0 Å². The van der Waals surface area contributed by atoms with E-state index in [1.165, 1.54) is 0 Å². The lowest BCUT2D eigenvalue weighted by Crippen LogP contribution is -2.22. The molecule has 1 aliphatic heterocycles. The Hall–Kier alpha value is -0.910. The summed E-state index contributed by atoms with van der Waals surface area (Å²) in [4.78, 5) is 6.16. The normalized spacial score (nSPS) is 18.8. The molecule has 0 aromatic carbocycles. The number of aliphatic hydroxyl groups excluding tert-OH is 1. The third kappa shape index (κ3) is 3.04. The highest BCUT2D eigenvalue weighted by molar-refractivity contribution is 5.85. The molecule has 0 amide bonds. The molecule has 5 nitrogen and oxygen atoms in total. The molecule has 16 heavy (non-hydrogen) atoms. The van der Waals surface area contributed by atoms with Crippen LogP contribution in [0.5, 0.6) is 0 Å². The summed E-state index contributed by atoms with van der Waals surface area (Å²) in [6.45, 7) is 1.44. The van der Waals surface area contributed by atoms with Crippen molar-refractivity contribution >= 4 is 42.1 Å². The van der Waals surface area contributed by atoms with E-state index in [1.807, 2.05) is 11.0 Å². The number of pyridine rings is 1. The molecule has 7 heteroatoms. The summed E-state index contributed by atoms with van der Waals surface area (Å²) in [5.74, 6) is 1.14. The molecule has 5 N–H and O–H groups in total. The monoisotopic (exact) mass is 266 g/mol. The maximum absolute atomic E-state index is 9.36.